The van der Waals surface area contributed by atoms with Gasteiger partial charge in [0.25, 0.3) is 0 Å². The van der Waals surface area contributed by atoms with E-state index < -0.39 is 0 Å². The van der Waals surface area contributed by atoms with Gasteiger partial charge >= 0.3 is 18.9 Å². The van der Waals surface area contributed by atoms with Crippen molar-refractivity contribution in [2.45, 2.75) is 110 Å². The molecule has 0 radical (unpaired) electrons. The molecule has 0 aromatic heterocycles. The first-order valence-corrected chi connectivity index (χ1v) is 13.8. The van der Waals surface area contributed by atoms with Crippen molar-refractivity contribution >= 4 is 0 Å². The summed E-state index contributed by atoms with van der Waals surface area (Å²) in [7, 11) is 0. The van der Waals surface area contributed by atoms with Crippen LogP contribution in [0, 0.1) is 64.6 Å². The monoisotopic (exact) mass is 454 g/mol. The molecule has 0 N–H and O–H groups in total. The average Bonchev–Trinajstić information content (AvgIpc) is 3.17. The molecule has 3 saturated carbocycles. The summed E-state index contributed by atoms with van der Waals surface area (Å²) < 4.78 is 12.3. The predicted molar refractivity (Wildman–Crippen MR) is 132 cm³/mol. The number of ether oxygens (including phenoxy) is 2. The molecule has 0 spiro atoms. The second kappa shape index (κ2) is 10.8. The molecule has 5 rings (SSSR count). The molecule has 1 unspecified atom stereocenters. The van der Waals surface area contributed by atoms with Crippen LogP contribution in [-0.2, 0) is 9.47 Å². The molecule has 2 nitrogen and oxygen atoms in total. The third kappa shape index (κ3) is 4.71. The minimum atomic E-state index is 0. The van der Waals surface area contributed by atoms with Gasteiger partial charge in [-0.3, -0.25) is 11.8 Å². The molecule has 0 aromatic rings. The zero-order valence-electron chi connectivity index (χ0n) is 22.1. The standard InChI is InChI=1S/C31H43O2.Li/c1-5-6-7-10-22(2)26-14-15-27-25-13-12-23-21-24(33-29-11-8-9-20-32-29)16-18-30(23,3)28(25)17-19-31(26,27)4;/h12,22,24-29H,8-11,13-21H2,2-4H3;/q-1;+1/t22-,24+,25+,26-,27+,28+,29?,30+,31-;/m1./s1. The van der Waals surface area contributed by atoms with E-state index in [0.717, 1.165) is 49.5 Å². The molecule has 1 saturated heterocycles. The Labute approximate surface area is 220 Å². The normalized spacial score (nSPS) is 44.0. The number of allylic oxidation sites excluding steroid dienone is 1. The second-order valence-corrected chi connectivity index (χ2v) is 12.4. The third-order valence-electron chi connectivity index (χ3n) is 10.9. The van der Waals surface area contributed by atoms with Crippen molar-refractivity contribution < 1.29 is 28.3 Å². The molecule has 1 heterocycles. The Balaban J connectivity index is 0.00000274. The summed E-state index contributed by atoms with van der Waals surface area (Å²) in [4.78, 5) is 0. The maximum absolute atomic E-state index is 7.07. The van der Waals surface area contributed by atoms with Crippen molar-refractivity contribution in [3.63, 3.8) is 0 Å². The molecule has 4 aliphatic carbocycles. The van der Waals surface area contributed by atoms with Gasteiger partial charge in [-0.1, -0.05) is 32.4 Å². The molecule has 5 aliphatic rings. The van der Waals surface area contributed by atoms with Gasteiger partial charge < -0.3 is 15.9 Å². The first kappa shape index (κ1) is 26.4. The van der Waals surface area contributed by atoms with Gasteiger partial charge in [0.2, 0.25) is 0 Å². The molecule has 3 heteroatoms. The summed E-state index contributed by atoms with van der Waals surface area (Å²) in [5, 5.41) is 0. The molecule has 0 bridgehead atoms. The average molecular weight is 455 g/mol. The minimum Gasteiger partial charge on any atom is -0.358 e. The van der Waals surface area contributed by atoms with E-state index in [1.807, 2.05) is 0 Å². The summed E-state index contributed by atoms with van der Waals surface area (Å²) in [5.41, 5.74) is 2.56. The van der Waals surface area contributed by atoms with E-state index in [9.17, 15) is 0 Å². The quantitative estimate of drug-likeness (QED) is 0.276. The largest absolute Gasteiger partial charge is 1.00 e. The Kier molecular flexibility index (Phi) is 8.38. The number of hydrogen-bond donors (Lipinski definition) is 0. The fourth-order valence-corrected chi connectivity index (χ4v) is 9.15. The zero-order chi connectivity index (χ0) is 23.1. The molecule has 9 atom stereocenters. The van der Waals surface area contributed by atoms with Crippen LogP contribution in [0.15, 0.2) is 11.6 Å². The van der Waals surface area contributed by atoms with Crippen LogP contribution < -0.4 is 18.9 Å². The molecular formula is C31H43LiO2. The predicted octanol–water partition coefficient (Wildman–Crippen LogP) is 4.10. The van der Waals surface area contributed by atoms with Gasteiger partial charge in [0.1, 0.15) is 0 Å². The number of fused-ring (bicyclic) bond motifs is 5. The summed E-state index contributed by atoms with van der Waals surface area (Å²) in [6.07, 6.45) is 25.0. The van der Waals surface area contributed by atoms with Crippen LogP contribution in [0.5, 0.6) is 0 Å². The maximum Gasteiger partial charge on any atom is 1.00 e. The Bertz CT molecular complexity index is 855. The molecule has 0 aromatic carbocycles. The topological polar surface area (TPSA) is 18.5 Å². The maximum atomic E-state index is 7.07. The van der Waals surface area contributed by atoms with E-state index >= 15 is 0 Å². The van der Waals surface area contributed by atoms with Gasteiger partial charge in [0.15, 0.2) is 6.29 Å². The van der Waals surface area contributed by atoms with Crippen molar-refractivity contribution in [1.29, 1.82) is 0 Å². The first-order valence-electron chi connectivity index (χ1n) is 13.8. The van der Waals surface area contributed by atoms with Crippen LogP contribution in [0.2, 0.25) is 0 Å². The smallest absolute Gasteiger partial charge is 0.358 e. The van der Waals surface area contributed by atoms with Crippen LogP contribution in [0.25, 0.3) is 0 Å². The Hall–Kier alpha value is -0.623. The van der Waals surface area contributed by atoms with Crippen molar-refractivity contribution in [2.75, 3.05) is 6.61 Å². The fourth-order valence-electron chi connectivity index (χ4n) is 9.15. The third-order valence-corrected chi connectivity index (χ3v) is 10.9. The first-order chi connectivity index (χ1) is 16.0. The summed E-state index contributed by atoms with van der Waals surface area (Å²) >= 11 is 0. The van der Waals surface area contributed by atoms with Gasteiger partial charge in [-0.15, -0.1) is 0 Å². The Morgan fingerprint density at radius 1 is 1.12 bits per heavy atom. The van der Waals surface area contributed by atoms with Crippen LogP contribution in [0.4, 0.5) is 0 Å². The second-order valence-electron chi connectivity index (χ2n) is 12.4. The van der Waals surface area contributed by atoms with Gasteiger partial charge in [0.05, 0.1) is 6.10 Å². The van der Waals surface area contributed by atoms with Crippen molar-refractivity contribution in [1.82, 2.24) is 0 Å². The van der Waals surface area contributed by atoms with Crippen LogP contribution in [0.1, 0.15) is 97.8 Å². The summed E-state index contributed by atoms with van der Waals surface area (Å²) in [6, 6.07) is 0. The van der Waals surface area contributed by atoms with E-state index in [2.05, 4.69) is 44.6 Å². The van der Waals surface area contributed by atoms with Crippen LogP contribution in [-0.4, -0.2) is 19.0 Å². The number of rotatable bonds is 4. The summed E-state index contributed by atoms with van der Waals surface area (Å²) in [5.74, 6) is 12.1. The molecule has 1 aliphatic heterocycles. The number of hydrogen-bond acceptors (Lipinski definition) is 2. The van der Waals surface area contributed by atoms with E-state index in [1.54, 1.807) is 5.57 Å². The van der Waals surface area contributed by atoms with Gasteiger partial charge in [0, 0.05) is 6.61 Å². The van der Waals surface area contributed by atoms with Crippen molar-refractivity contribution in [3.8, 4) is 17.8 Å². The van der Waals surface area contributed by atoms with Crippen LogP contribution in [0.3, 0.4) is 0 Å². The van der Waals surface area contributed by atoms with Gasteiger partial charge in [-0.25, -0.2) is 5.92 Å². The Morgan fingerprint density at radius 3 is 2.74 bits per heavy atom. The van der Waals surface area contributed by atoms with Gasteiger partial charge in [-0.05, 0) is 117 Å². The fraction of sp³-hybridized carbons (Fsp3) is 0.806. The van der Waals surface area contributed by atoms with Crippen molar-refractivity contribution in [3.05, 3.63) is 18.1 Å². The molecule has 4 fully saturated rings. The zero-order valence-corrected chi connectivity index (χ0v) is 22.1. The van der Waals surface area contributed by atoms with E-state index in [0.29, 0.717) is 22.9 Å². The minimum absolute atomic E-state index is 0. The molecule has 180 valence electrons. The molecular weight excluding hydrogens is 411 g/mol. The van der Waals surface area contributed by atoms with Crippen LogP contribution >= 0.6 is 0 Å². The van der Waals surface area contributed by atoms with E-state index in [1.165, 1.54) is 57.8 Å². The molecule has 34 heavy (non-hydrogen) atoms. The van der Waals surface area contributed by atoms with Crippen molar-refractivity contribution in [2.24, 2.45) is 40.4 Å². The van der Waals surface area contributed by atoms with E-state index in [-0.39, 0.29) is 25.2 Å². The Morgan fingerprint density at radius 2 is 1.97 bits per heavy atom. The summed E-state index contributed by atoms with van der Waals surface area (Å²) in [6.45, 7) is 8.49. The van der Waals surface area contributed by atoms with Gasteiger partial charge in [-0.2, -0.15) is 0 Å². The SMILES string of the molecule is [C-]#CC#CC[C@@H](C)[C@H]1CC[C@H]2[C@@H]3CC=C4C[C@@H](OC5CCCCO5)CC[C@]4(C)[C@H]3CC[C@]12C.[Li+]. The molecule has 0 amide bonds. The van der Waals surface area contributed by atoms with E-state index in [4.69, 9.17) is 15.9 Å².